The molecular weight excluding hydrogens is 266 g/mol. The van der Waals surface area contributed by atoms with Crippen molar-refractivity contribution in [2.75, 3.05) is 5.75 Å². The second kappa shape index (κ2) is 6.27. The molecule has 3 nitrogen and oxygen atoms in total. The molecule has 1 aromatic heterocycles. The minimum absolute atomic E-state index is 0.0844. The van der Waals surface area contributed by atoms with Gasteiger partial charge in [-0.1, -0.05) is 23.7 Å². The first-order valence-electron chi connectivity index (χ1n) is 5.76. The summed E-state index contributed by atoms with van der Waals surface area (Å²) in [5.41, 5.74) is 7.13. The van der Waals surface area contributed by atoms with Crippen LogP contribution in [0.1, 0.15) is 5.69 Å². The standard InChI is InChI=1S/C13H16ClN3S/c1-17-7-6-11(16-17)8-10(15)9-18-13-5-3-2-4-12(13)14/h2-7,10H,8-9,15H2,1H3. The Labute approximate surface area is 116 Å². The fourth-order valence-electron chi connectivity index (χ4n) is 1.66. The van der Waals surface area contributed by atoms with Crippen molar-refractivity contribution >= 4 is 23.4 Å². The molecule has 5 heteroatoms. The first-order chi connectivity index (χ1) is 8.65. The van der Waals surface area contributed by atoms with Crippen molar-refractivity contribution in [2.24, 2.45) is 12.8 Å². The van der Waals surface area contributed by atoms with E-state index >= 15 is 0 Å². The summed E-state index contributed by atoms with van der Waals surface area (Å²) >= 11 is 7.78. The number of halogens is 1. The molecule has 0 aliphatic carbocycles. The molecule has 1 atom stereocenters. The number of nitrogens with zero attached hydrogens (tertiary/aromatic N) is 2. The molecule has 0 aliphatic rings. The zero-order chi connectivity index (χ0) is 13.0. The van der Waals surface area contributed by atoms with Crippen molar-refractivity contribution in [3.05, 3.63) is 47.2 Å². The van der Waals surface area contributed by atoms with Crippen molar-refractivity contribution in [1.29, 1.82) is 0 Å². The maximum absolute atomic E-state index is 6.10. The zero-order valence-corrected chi connectivity index (χ0v) is 11.8. The van der Waals surface area contributed by atoms with Crippen LogP contribution >= 0.6 is 23.4 Å². The zero-order valence-electron chi connectivity index (χ0n) is 10.2. The number of hydrogen-bond donors (Lipinski definition) is 1. The Morgan fingerprint density at radius 1 is 1.39 bits per heavy atom. The predicted octanol–water partition coefficient (Wildman–Crippen LogP) is 2.74. The lowest BCUT2D eigenvalue weighted by atomic mass is 10.2. The van der Waals surface area contributed by atoms with Gasteiger partial charge in [0.2, 0.25) is 0 Å². The summed E-state index contributed by atoms with van der Waals surface area (Å²) in [6, 6.07) is 9.91. The minimum Gasteiger partial charge on any atom is -0.327 e. The predicted molar refractivity (Wildman–Crippen MR) is 77.1 cm³/mol. The van der Waals surface area contributed by atoms with Crippen LogP contribution in [0.5, 0.6) is 0 Å². The van der Waals surface area contributed by atoms with Gasteiger partial charge in [-0.3, -0.25) is 4.68 Å². The number of rotatable bonds is 5. The highest BCUT2D eigenvalue weighted by atomic mass is 35.5. The molecule has 1 aromatic carbocycles. The number of aryl methyl sites for hydroxylation is 1. The topological polar surface area (TPSA) is 43.8 Å². The summed E-state index contributed by atoms with van der Waals surface area (Å²) in [5.74, 6) is 0.834. The van der Waals surface area contributed by atoms with Crippen molar-refractivity contribution in [3.63, 3.8) is 0 Å². The van der Waals surface area contributed by atoms with Gasteiger partial charge in [0.1, 0.15) is 0 Å². The number of benzene rings is 1. The number of hydrogen-bond acceptors (Lipinski definition) is 3. The quantitative estimate of drug-likeness (QED) is 0.857. The second-order valence-corrected chi connectivity index (χ2v) is 5.66. The van der Waals surface area contributed by atoms with Gasteiger partial charge < -0.3 is 5.73 Å². The highest BCUT2D eigenvalue weighted by Crippen LogP contribution is 2.26. The van der Waals surface area contributed by atoms with Crippen molar-refractivity contribution in [3.8, 4) is 0 Å². The van der Waals surface area contributed by atoms with Crippen LogP contribution in [0.2, 0.25) is 5.02 Å². The molecule has 2 aromatic rings. The molecule has 96 valence electrons. The number of nitrogens with two attached hydrogens (primary N) is 1. The Hall–Kier alpha value is -0.970. The SMILES string of the molecule is Cn1ccc(CC(N)CSc2ccccc2Cl)n1. The molecule has 0 bridgehead atoms. The Balaban J connectivity index is 1.85. The molecule has 18 heavy (non-hydrogen) atoms. The van der Waals surface area contributed by atoms with Crippen LogP contribution in [0.15, 0.2) is 41.4 Å². The van der Waals surface area contributed by atoms with Crippen LogP contribution in [0.3, 0.4) is 0 Å². The highest BCUT2D eigenvalue weighted by Gasteiger charge is 2.08. The smallest absolute Gasteiger partial charge is 0.0640 e. The molecule has 0 fully saturated rings. The Morgan fingerprint density at radius 2 is 2.17 bits per heavy atom. The van der Waals surface area contributed by atoms with E-state index in [-0.39, 0.29) is 6.04 Å². The van der Waals surface area contributed by atoms with Crippen molar-refractivity contribution in [1.82, 2.24) is 9.78 Å². The van der Waals surface area contributed by atoms with Gasteiger partial charge in [-0.25, -0.2) is 0 Å². The monoisotopic (exact) mass is 281 g/mol. The van der Waals surface area contributed by atoms with Crippen molar-refractivity contribution < 1.29 is 0 Å². The Kier molecular flexibility index (Phi) is 4.69. The third-order valence-electron chi connectivity index (χ3n) is 2.53. The third-order valence-corrected chi connectivity index (χ3v) is 4.23. The van der Waals surface area contributed by atoms with Crippen LogP contribution in [0.4, 0.5) is 0 Å². The van der Waals surface area contributed by atoms with E-state index in [0.29, 0.717) is 0 Å². The lowest BCUT2D eigenvalue weighted by Gasteiger charge is -2.10. The summed E-state index contributed by atoms with van der Waals surface area (Å²) in [5, 5.41) is 5.11. The largest absolute Gasteiger partial charge is 0.327 e. The van der Waals surface area contributed by atoms with Crippen LogP contribution in [-0.2, 0) is 13.5 Å². The average molecular weight is 282 g/mol. The molecule has 0 amide bonds. The van der Waals surface area contributed by atoms with Gasteiger partial charge in [0.15, 0.2) is 0 Å². The third kappa shape index (κ3) is 3.77. The Morgan fingerprint density at radius 3 is 2.83 bits per heavy atom. The van der Waals surface area contributed by atoms with Crippen LogP contribution in [0.25, 0.3) is 0 Å². The van der Waals surface area contributed by atoms with Crippen LogP contribution in [-0.4, -0.2) is 21.6 Å². The van der Waals surface area contributed by atoms with E-state index in [0.717, 1.165) is 27.8 Å². The number of aromatic nitrogens is 2. The van der Waals surface area contributed by atoms with Gasteiger partial charge in [-0.15, -0.1) is 11.8 Å². The van der Waals surface area contributed by atoms with E-state index in [4.69, 9.17) is 17.3 Å². The van der Waals surface area contributed by atoms with Gasteiger partial charge >= 0.3 is 0 Å². The Bertz CT molecular complexity index is 512. The first kappa shape index (κ1) is 13.5. The van der Waals surface area contributed by atoms with Crippen LogP contribution < -0.4 is 5.73 Å². The maximum atomic E-state index is 6.10. The van der Waals surface area contributed by atoms with Crippen LogP contribution in [0, 0.1) is 0 Å². The van der Waals surface area contributed by atoms with Gasteiger partial charge in [0.05, 0.1) is 10.7 Å². The molecule has 2 N–H and O–H groups in total. The molecule has 0 radical (unpaired) electrons. The minimum atomic E-state index is 0.0844. The van der Waals surface area contributed by atoms with E-state index in [1.54, 1.807) is 16.4 Å². The summed E-state index contributed by atoms with van der Waals surface area (Å²) in [7, 11) is 1.91. The lowest BCUT2D eigenvalue weighted by molar-refractivity contribution is 0.691. The second-order valence-electron chi connectivity index (χ2n) is 4.19. The normalized spacial score (nSPS) is 12.6. The van der Waals surface area contributed by atoms with E-state index in [1.807, 2.05) is 43.6 Å². The summed E-state index contributed by atoms with van der Waals surface area (Å²) < 4.78 is 1.79. The molecule has 0 saturated heterocycles. The first-order valence-corrected chi connectivity index (χ1v) is 7.13. The molecule has 1 unspecified atom stereocenters. The number of thioether (sulfide) groups is 1. The lowest BCUT2D eigenvalue weighted by Crippen LogP contribution is -2.25. The molecular formula is C13H16ClN3S. The summed E-state index contributed by atoms with van der Waals surface area (Å²) in [6.45, 7) is 0. The fraction of sp³-hybridized carbons (Fsp3) is 0.308. The molecule has 2 rings (SSSR count). The van der Waals surface area contributed by atoms with E-state index in [2.05, 4.69) is 5.10 Å². The van der Waals surface area contributed by atoms with Gasteiger partial charge in [-0.05, 0) is 18.2 Å². The van der Waals surface area contributed by atoms with E-state index < -0.39 is 0 Å². The van der Waals surface area contributed by atoms with Crippen molar-refractivity contribution in [2.45, 2.75) is 17.4 Å². The summed E-state index contributed by atoms with van der Waals surface area (Å²) in [4.78, 5) is 1.08. The van der Waals surface area contributed by atoms with Gasteiger partial charge in [-0.2, -0.15) is 5.10 Å². The van der Waals surface area contributed by atoms with E-state index in [9.17, 15) is 0 Å². The maximum Gasteiger partial charge on any atom is 0.0640 e. The van der Waals surface area contributed by atoms with Gasteiger partial charge in [0, 0.05) is 36.4 Å². The summed E-state index contributed by atoms with van der Waals surface area (Å²) in [6.07, 6.45) is 2.72. The molecule has 0 aliphatic heterocycles. The molecule has 0 spiro atoms. The van der Waals surface area contributed by atoms with E-state index in [1.165, 1.54) is 0 Å². The molecule has 1 heterocycles. The fourth-order valence-corrected chi connectivity index (χ4v) is 2.85. The highest BCUT2D eigenvalue weighted by molar-refractivity contribution is 7.99. The average Bonchev–Trinajstić information content (AvgIpc) is 2.74. The molecule has 0 saturated carbocycles. The van der Waals surface area contributed by atoms with Gasteiger partial charge in [0.25, 0.3) is 0 Å².